The van der Waals surface area contributed by atoms with Crippen molar-refractivity contribution in [1.29, 1.82) is 0 Å². The number of benzene rings is 1. The van der Waals surface area contributed by atoms with Crippen LogP contribution >= 0.6 is 11.8 Å². The molecule has 0 heterocycles. The fraction of sp³-hybridized carbons (Fsp3) is 0.435. The molecule has 0 radical (unpaired) electrons. The maximum Gasteiger partial charge on any atom is 0.415 e. The molecule has 0 spiro atoms. The number of carbonyl (C=O) groups is 5. The van der Waals surface area contributed by atoms with Crippen LogP contribution in [0.5, 0.6) is 5.75 Å². The second-order valence-corrected chi connectivity index (χ2v) is 9.12. The Balaban J connectivity index is 2.27. The summed E-state index contributed by atoms with van der Waals surface area (Å²) >= 11 is 1.47. The Hall–Kier alpha value is -3.56. The Kier molecular flexibility index (Phi) is 12.3. The van der Waals surface area contributed by atoms with Crippen molar-refractivity contribution in [2.45, 2.75) is 38.2 Å². The Morgan fingerprint density at radius 3 is 2.29 bits per heavy atom. The second-order valence-electron chi connectivity index (χ2n) is 8.09. The summed E-state index contributed by atoms with van der Waals surface area (Å²) in [5.74, 6) is 2.75. The average Bonchev–Trinajstić information content (AvgIpc) is 2.78. The lowest BCUT2D eigenvalue weighted by Gasteiger charge is -2.18. The van der Waals surface area contributed by atoms with Gasteiger partial charge >= 0.3 is 12.0 Å². The quantitative estimate of drug-likeness (QED) is 0.254. The van der Waals surface area contributed by atoms with Gasteiger partial charge in [-0.25, -0.2) is 4.79 Å². The molecule has 0 aliphatic rings. The van der Waals surface area contributed by atoms with Crippen LogP contribution in [0.1, 0.15) is 26.3 Å². The van der Waals surface area contributed by atoms with Gasteiger partial charge in [-0.05, 0) is 44.4 Å². The molecule has 0 fully saturated rings. The van der Waals surface area contributed by atoms with E-state index in [9.17, 15) is 24.0 Å². The first kappa shape index (κ1) is 29.5. The Labute approximate surface area is 208 Å². The predicted octanol–water partition coefficient (Wildman–Crippen LogP) is 0.112. The van der Waals surface area contributed by atoms with Gasteiger partial charge in [0.1, 0.15) is 11.4 Å². The number of carbonyl (C=O) groups excluding carboxylic acids is 5. The van der Waals surface area contributed by atoms with Gasteiger partial charge in [0, 0.05) is 17.4 Å². The van der Waals surface area contributed by atoms with Crippen LogP contribution in [0, 0.1) is 11.8 Å². The van der Waals surface area contributed by atoms with E-state index in [1.165, 1.54) is 11.8 Å². The highest BCUT2D eigenvalue weighted by atomic mass is 32.2. The first-order valence-corrected chi connectivity index (χ1v) is 11.6. The van der Waals surface area contributed by atoms with Gasteiger partial charge in [0.15, 0.2) is 0 Å². The van der Waals surface area contributed by atoms with E-state index in [0.29, 0.717) is 11.5 Å². The molecule has 1 rings (SSSR count). The molecule has 0 aliphatic heterocycles. The van der Waals surface area contributed by atoms with Gasteiger partial charge in [0.2, 0.25) is 17.6 Å². The molecule has 1 aromatic rings. The molecule has 11 nitrogen and oxygen atoms in total. The van der Waals surface area contributed by atoms with E-state index in [1.54, 1.807) is 27.9 Å². The van der Waals surface area contributed by atoms with Gasteiger partial charge in [-0.2, -0.15) is 11.8 Å². The maximum absolute atomic E-state index is 12.0. The van der Waals surface area contributed by atoms with E-state index in [1.807, 2.05) is 41.4 Å². The SMILES string of the molecule is COc1ccc(CSC[C@H](N)C(=O)NCC(=O)NCC(=O)C#CC(=O)NC(=O)OC(C)(C)C)cc1. The zero-order chi connectivity index (χ0) is 26.4. The number of ketones is 1. The monoisotopic (exact) mass is 506 g/mol. The largest absolute Gasteiger partial charge is 0.497 e. The molecule has 0 aliphatic carbocycles. The summed E-state index contributed by atoms with van der Waals surface area (Å²) in [6, 6.07) is 6.70. The lowest BCUT2D eigenvalue weighted by molar-refractivity contribution is -0.127. The van der Waals surface area contributed by atoms with E-state index < -0.39 is 47.8 Å². The van der Waals surface area contributed by atoms with E-state index in [4.69, 9.17) is 15.2 Å². The van der Waals surface area contributed by atoms with Crippen LogP contribution in [0.25, 0.3) is 0 Å². The van der Waals surface area contributed by atoms with Crippen molar-refractivity contribution in [1.82, 2.24) is 16.0 Å². The lowest BCUT2D eigenvalue weighted by atomic mass is 10.2. The fourth-order valence-corrected chi connectivity index (χ4v) is 3.19. The first-order chi connectivity index (χ1) is 16.4. The summed E-state index contributed by atoms with van der Waals surface area (Å²) in [6.45, 7) is 4.00. The van der Waals surface area contributed by atoms with Crippen molar-refractivity contribution in [3.63, 3.8) is 0 Å². The van der Waals surface area contributed by atoms with E-state index in [0.717, 1.165) is 11.3 Å². The predicted molar refractivity (Wildman–Crippen MR) is 130 cm³/mol. The van der Waals surface area contributed by atoms with Crippen molar-refractivity contribution in [3.05, 3.63) is 29.8 Å². The van der Waals surface area contributed by atoms with Crippen molar-refractivity contribution in [2.24, 2.45) is 5.73 Å². The third-order valence-electron chi connectivity index (χ3n) is 3.86. The summed E-state index contributed by atoms with van der Waals surface area (Å²) < 4.78 is 9.98. The van der Waals surface area contributed by atoms with Gasteiger partial charge in [0.25, 0.3) is 0 Å². The van der Waals surface area contributed by atoms with Crippen molar-refractivity contribution < 1.29 is 33.4 Å². The summed E-state index contributed by atoms with van der Waals surface area (Å²) in [4.78, 5) is 58.5. The highest BCUT2D eigenvalue weighted by molar-refractivity contribution is 7.98. The number of hydrogen-bond acceptors (Lipinski definition) is 9. The minimum absolute atomic E-state index is 0.346. The van der Waals surface area contributed by atoms with Crippen molar-refractivity contribution >= 4 is 41.4 Å². The molecule has 0 bridgehead atoms. The average molecular weight is 507 g/mol. The number of nitrogens with one attached hydrogen (secondary N) is 3. The zero-order valence-corrected chi connectivity index (χ0v) is 20.9. The molecular weight excluding hydrogens is 476 g/mol. The number of alkyl carbamates (subject to hydrolysis) is 1. The van der Waals surface area contributed by atoms with Crippen LogP contribution in [0.3, 0.4) is 0 Å². The van der Waals surface area contributed by atoms with Crippen LogP contribution in [0.2, 0.25) is 0 Å². The minimum atomic E-state index is -1.02. The highest BCUT2D eigenvalue weighted by Gasteiger charge is 2.17. The molecule has 0 saturated heterocycles. The number of ether oxygens (including phenoxy) is 2. The number of imide groups is 1. The van der Waals surface area contributed by atoms with Crippen LogP contribution in [-0.2, 0) is 29.7 Å². The van der Waals surface area contributed by atoms with Gasteiger partial charge in [-0.1, -0.05) is 12.1 Å². The molecule has 190 valence electrons. The summed E-state index contributed by atoms with van der Waals surface area (Å²) in [5, 5.41) is 6.50. The van der Waals surface area contributed by atoms with E-state index in [2.05, 4.69) is 10.6 Å². The number of Topliss-reactive ketones (excluding diaryl/α,β-unsaturated/α-hetero) is 1. The Morgan fingerprint density at radius 2 is 1.69 bits per heavy atom. The molecule has 4 amide bonds. The number of rotatable bonds is 10. The molecule has 0 saturated carbocycles. The van der Waals surface area contributed by atoms with Crippen LogP contribution in [-0.4, -0.2) is 67.2 Å². The molecule has 1 aromatic carbocycles. The van der Waals surface area contributed by atoms with Crippen molar-refractivity contribution in [3.8, 4) is 17.6 Å². The van der Waals surface area contributed by atoms with Gasteiger partial charge in [-0.3, -0.25) is 24.5 Å². The van der Waals surface area contributed by atoms with Gasteiger partial charge < -0.3 is 25.8 Å². The minimum Gasteiger partial charge on any atom is -0.497 e. The molecule has 5 N–H and O–H groups in total. The Bertz CT molecular complexity index is 978. The summed E-state index contributed by atoms with van der Waals surface area (Å²) in [7, 11) is 1.59. The summed E-state index contributed by atoms with van der Waals surface area (Å²) in [5.41, 5.74) is 6.10. The molecular formula is C23H30N4O7S. The van der Waals surface area contributed by atoms with Gasteiger partial charge in [0.05, 0.1) is 26.2 Å². The fourth-order valence-electron chi connectivity index (χ4n) is 2.24. The van der Waals surface area contributed by atoms with E-state index in [-0.39, 0.29) is 6.54 Å². The second kappa shape index (κ2) is 14.6. The normalized spacial score (nSPS) is 11.2. The van der Waals surface area contributed by atoms with Gasteiger partial charge in [-0.15, -0.1) is 0 Å². The third kappa shape index (κ3) is 13.7. The molecule has 35 heavy (non-hydrogen) atoms. The molecule has 1 atom stereocenters. The number of amides is 4. The van der Waals surface area contributed by atoms with Crippen LogP contribution in [0.15, 0.2) is 24.3 Å². The number of hydrogen-bond donors (Lipinski definition) is 4. The molecule has 0 unspecified atom stereocenters. The summed E-state index contributed by atoms with van der Waals surface area (Å²) in [6.07, 6.45) is -0.995. The smallest absolute Gasteiger partial charge is 0.415 e. The number of nitrogens with two attached hydrogens (primary N) is 1. The Morgan fingerprint density at radius 1 is 1.03 bits per heavy atom. The first-order valence-electron chi connectivity index (χ1n) is 10.5. The maximum atomic E-state index is 12.0. The van der Waals surface area contributed by atoms with Crippen LogP contribution in [0.4, 0.5) is 4.79 Å². The van der Waals surface area contributed by atoms with Crippen LogP contribution < -0.4 is 26.4 Å². The lowest BCUT2D eigenvalue weighted by Crippen LogP contribution is -2.46. The van der Waals surface area contributed by atoms with E-state index >= 15 is 0 Å². The molecule has 12 heteroatoms. The standard InChI is InChI=1S/C23H30N4O7S/c1-23(2,3)34-22(32)27-19(29)10-7-16(28)11-25-20(30)12-26-21(31)18(24)14-35-13-15-5-8-17(33-4)9-6-15/h5-6,8-9,18H,11-14,24H2,1-4H3,(H,25,30)(H,26,31)(H,27,29,32)/t18-/m0/s1. The number of thioether (sulfide) groups is 1. The van der Waals surface area contributed by atoms with Crippen molar-refractivity contribution in [2.75, 3.05) is 26.0 Å². The topological polar surface area (TPSA) is 166 Å². The highest BCUT2D eigenvalue weighted by Crippen LogP contribution is 2.16. The molecule has 0 aromatic heterocycles. The zero-order valence-electron chi connectivity index (χ0n) is 20.1. The third-order valence-corrected chi connectivity index (χ3v) is 4.99. The number of methoxy groups -OCH3 is 1.